The minimum absolute atomic E-state index is 0. The van der Waals surface area contributed by atoms with E-state index in [1.165, 1.54) is 11.1 Å². The number of amidine groups is 1. The van der Waals surface area contributed by atoms with E-state index in [-0.39, 0.29) is 27.3 Å². The Bertz CT molecular complexity index is 2670. The lowest BCUT2D eigenvalue weighted by Crippen LogP contribution is -2.10. The molecule has 0 atom stereocenters. The zero-order valence-electron chi connectivity index (χ0n) is 29.7. The maximum atomic E-state index is 10.0. The average Bonchev–Trinajstić information content (AvgIpc) is 3.93. The highest BCUT2D eigenvalue weighted by atomic mass is 16.3. The Morgan fingerprint density at radius 2 is 1.22 bits per heavy atom. The number of aliphatic hydroxyl groups is 1. The normalized spacial score (nSPS) is 10.7. The Morgan fingerprint density at radius 3 is 1.69 bits per heavy atom. The van der Waals surface area contributed by atoms with Crippen molar-refractivity contribution in [3.63, 3.8) is 0 Å². The highest BCUT2D eigenvalue weighted by Gasteiger charge is 2.22. The third kappa shape index (κ3) is 7.50. The predicted molar refractivity (Wildman–Crippen MR) is 220 cm³/mol. The van der Waals surface area contributed by atoms with Crippen molar-refractivity contribution in [2.75, 3.05) is 0 Å². The van der Waals surface area contributed by atoms with Gasteiger partial charge in [-0.25, -0.2) is 9.97 Å². The second-order valence-corrected chi connectivity index (χ2v) is 12.9. The first kappa shape index (κ1) is 39.3. The Kier molecular flexibility index (Phi) is 11.4. The molecule has 0 bridgehead atoms. The average molecular weight is 735 g/mol. The third-order valence-electron chi connectivity index (χ3n) is 9.16. The van der Waals surface area contributed by atoms with Gasteiger partial charge in [-0.2, -0.15) is 15.5 Å². The summed E-state index contributed by atoms with van der Waals surface area (Å²) < 4.78 is 3.53. The van der Waals surface area contributed by atoms with E-state index in [0.29, 0.717) is 29.3 Å². The maximum absolute atomic E-state index is 10.0. The lowest BCUT2D eigenvalue weighted by Gasteiger charge is -2.03. The van der Waals surface area contributed by atoms with E-state index in [9.17, 15) is 5.11 Å². The summed E-state index contributed by atoms with van der Waals surface area (Å²) in [4.78, 5) is 15.9. The fourth-order valence-corrected chi connectivity index (χ4v) is 6.44. The summed E-state index contributed by atoms with van der Waals surface area (Å²) in [5, 5.41) is 36.0. The zero-order valence-corrected chi connectivity index (χ0v) is 29.7. The van der Waals surface area contributed by atoms with Crippen LogP contribution in [0.2, 0.25) is 0 Å². The number of rotatable bonds is 7. The molecule has 4 aromatic carbocycles. The molecule has 0 aliphatic heterocycles. The topological polar surface area (TPSA) is 213 Å². The molecule has 0 fully saturated rings. The lowest BCUT2D eigenvalue weighted by molar-refractivity contribution is 0.283. The quantitative estimate of drug-likeness (QED) is 0.0723. The van der Waals surface area contributed by atoms with E-state index in [1.54, 1.807) is 27.6 Å². The summed E-state index contributed by atoms with van der Waals surface area (Å²) in [5.74, 6) is 1.34. The second kappa shape index (κ2) is 16.0. The smallest absolute Gasteiger partial charge is 0.157 e. The third-order valence-corrected chi connectivity index (χ3v) is 9.16. The summed E-state index contributed by atoms with van der Waals surface area (Å²) in [7, 11) is 3.72. The van der Waals surface area contributed by atoms with Crippen LogP contribution in [-0.4, -0.2) is 50.4 Å². The van der Waals surface area contributed by atoms with Gasteiger partial charge in [0.1, 0.15) is 17.2 Å². The van der Waals surface area contributed by atoms with E-state index < -0.39 is 0 Å². The van der Waals surface area contributed by atoms with Gasteiger partial charge in [0.2, 0.25) is 0 Å². The molecular formula is C42H46N12O. The van der Waals surface area contributed by atoms with Crippen molar-refractivity contribution in [3.05, 3.63) is 118 Å². The van der Waals surface area contributed by atoms with Gasteiger partial charge in [-0.15, -0.1) is 0 Å². The largest absolute Gasteiger partial charge is 0.392 e. The Labute approximate surface area is 319 Å². The molecule has 0 aliphatic rings. The monoisotopic (exact) mass is 734 g/mol. The van der Waals surface area contributed by atoms with Crippen LogP contribution in [0.15, 0.2) is 84.9 Å². The molecule has 0 saturated heterocycles. The fourth-order valence-electron chi connectivity index (χ4n) is 6.44. The molecule has 13 heteroatoms. The molecular weight excluding hydrogens is 689 g/mol. The number of hydrogen-bond donors (Lipinski definition) is 6. The molecule has 8 N–H and O–H groups in total. The molecule has 0 unspecified atom stereocenters. The Morgan fingerprint density at radius 1 is 0.745 bits per heavy atom. The van der Waals surface area contributed by atoms with Gasteiger partial charge in [0, 0.05) is 48.5 Å². The number of aromatic amines is 2. The number of nitrogens with two attached hydrogens (primary N) is 2. The maximum Gasteiger partial charge on any atom is 0.157 e. The number of nitrogen functional groups attached to an aromatic ring is 1. The minimum Gasteiger partial charge on any atom is -0.392 e. The van der Waals surface area contributed by atoms with Gasteiger partial charge in [-0.05, 0) is 50.2 Å². The molecule has 280 valence electrons. The molecule has 0 spiro atoms. The number of nitrogens with zero attached hydrogens (tertiary/aromatic N) is 7. The van der Waals surface area contributed by atoms with E-state index in [2.05, 4.69) is 57.3 Å². The van der Waals surface area contributed by atoms with Gasteiger partial charge in [-0.3, -0.25) is 14.8 Å². The zero-order chi connectivity index (χ0) is 37.4. The van der Waals surface area contributed by atoms with Gasteiger partial charge in [0.05, 0.1) is 51.7 Å². The highest BCUT2D eigenvalue weighted by molar-refractivity contribution is 5.98. The second-order valence-electron chi connectivity index (χ2n) is 12.9. The predicted octanol–water partition coefficient (Wildman–Crippen LogP) is 7.26. The highest BCUT2D eigenvalue weighted by Crippen LogP contribution is 2.33. The molecule has 4 heterocycles. The van der Waals surface area contributed by atoms with Gasteiger partial charge in [0.15, 0.2) is 11.6 Å². The van der Waals surface area contributed by atoms with Gasteiger partial charge >= 0.3 is 0 Å². The van der Waals surface area contributed by atoms with Crippen LogP contribution in [0.25, 0.3) is 67.6 Å². The van der Waals surface area contributed by atoms with Crippen LogP contribution in [0, 0.1) is 30.6 Å². The van der Waals surface area contributed by atoms with E-state index >= 15 is 0 Å². The van der Waals surface area contributed by atoms with Crippen molar-refractivity contribution in [3.8, 4) is 51.6 Å². The Hall–Kier alpha value is -6.88. The van der Waals surface area contributed by atoms with Crippen LogP contribution in [0.5, 0.6) is 0 Å². The van der Waals surface area contributed by atoms with E-state index in [4.69, 9.17) is 32.2 Å². The summed E-state index contributed by atoms with van der Waals surface area (Å²) in [6, 6.07) is 29.2. The number of benzene rings is 4. The molecule has 55 heavy (non-hydrogen) atoms. The number of H-pyrrole nitrogens is 2. The summed E-state index contributed by atoms with van der Waals surface area (Å²) in [6.45, 7) is 4.29. The molecule has 0 saturated carbocycles. The van der Waals surface area contributed by atoms with Crippen molar-refractivity contribution in [2.24, 2.45) is 25.6 Å². The number of fused-ring (bicyclic) bond motifs is 2. The SMILES string of the molecule is C.C.Cc1ccc(-c2nn(C)c(-c3nc4ccc(C#N)cc4[nH]3)c2CO)cc1.Cc1ccc(-c2nn(C)c(-c3nc4ccc(C(=N)N)cc4[nH]3)c2CN)cc1. The Balaban J connectivity index is 0.000000204. The van der Waals surface area contributed by atoms with Crippen molar-refractivity contribution in [1.29, 1.82) is 10.7 Å². The van der Waals surface area contributed by atoms with Crippen molar-refractivity contribution in [1.82, 2.24) is 39.5 Å². The summed E-state index contributed by atoms with van der Waals surface area (Å²) in [5.41, 5.74) is 25.2. The number of imidazole rings is 2. The number of nitriles is 1. The number of aliphatic hydroxyl groups excluding tert-OH is 1. The molecule has 0 aliphatic carbocycles. The molecule has 8 aromatic rings. The molecule has 0 amide bonds. The first-order valence-corrected chi connectivity index (χ1v) is 16.9. The molecule has 4 aromatic heterocycles. The van der Waals surface area contributed by atoms with Crippen LogP contribution in [0.4, 0.5) is 0 Å². The van der Waals surface area contributed by atoms with Crippen molar-refractivity contribution >= 4 is 27.9 Å². The minimum atomic E-state index is -0.146. The van der Waals surface area contributed by atoms with E-state index in [1.807, 2.05) is 63.5 Å². The first-order valence-electron chi connectivity index (χ1n) is 16.9. The van der Waals surface area contributed by atoms with Crippen molar-refractivity contribution in [2.45, 2.75) is 41.9 Å². The van der Waals surface area contributed by atoms with Crippen LogP contribution in [-0.2, 0) is 27.2 Å². The molecule has 8 rings (SSSR count). The van der Waals surface area contributed by atoms with Crippen LogP contribution in [0.3, 0.4) is 0 Å². The van der Waals surface area contributed by atoms with Crippen molar-refractivity contribution < 1.29 is 5.11 Å². The summed E-state index contributed by atoms with van der Waals surface area (Å²) >= 11 is 0. The summed E-state index contributed by atoms with van der Waals surface area (Å²) in [6.07, 6.45) is 0. The number of nitrogens with one attached hydrogen (secondary N) is 3. The lowest BCUT2D eigenvalue weighted by atomic mass is 10.0. The number of aryl methyl sites for hydroxylation is 4. The van der Waals surface area contributed by atoms with Crippen LogP contribution in [0.1, 0.15) is 48.2 Å². The molecule has 13 nitrogen and oxygen atoms in total. The fraction of sp³-hybridized carbons (Fsp3) is 0.190. The van der Waals surface area contributed by atoms with E-state index in [0.717, 1.165) is 67.1 Å². The van der Waals surface area contributed by atoms with Crippen LogP contribution < -0.4 is 11.5 Å². The van der Waals surface area contributed by atoms with Gasteiger partial charge in [-0.1, -0.05) is 74.5 Å². The standard InChI is InChI=1S/C20H21N7.C20H17N5O.2CH4/c1-11-3-5-12(6-4-11)17-14(10-21)18(27(2)26-17)20-24-15-8-7-13(19(22)23)9-16(15)25-20;1-12-3-6-14(7-4-12)18-15(11-26)19(25(2)24-18)20-22-16-8-5-13(10-21)9-17(16)23-20;;/h3-9H,10,21H2,1-2H3,(H3,22,23)(H,24,25);3-9,26H,11H2,1-2H3,(H,22,23);2*1H4. The van der Waals surface area contributed by atoms with Gasteiger partial charge in [0.25, 0.3) is 0 Å². The first-order chi connectivity index (χ1) is 25.6. The van der Waals surface area contributed by atoms with Gasteiger partial charge < -0.3 is 26.5 Å². The number of hydrogen-bond acceptors (Lipinski definition) is 8. The van der Waals surface area contributed by atoms with Crippen LogP contribution >= 0.6 is 0 Å². The number of aromatic nitrogens is 8. The molecule has 0 radical (unpaired) electrons.